The predicted octanol–water partition coefficient (Wildman–Crippen LogP) is 9.59. The van der Waals surface area contributed by atoms with Gasteiger partial charge in [0.2, 0.25) is 5.91 Å². The fourth-order valence-corrected chi connectivity index (χ4v) is 6.45. The predicted molar refractivity (Wildman–Crippen MR) is 183 cm³/mol. The molecule has 6 rings (SSSR count). The maximum absolute atomic E-state index is 13.0. The molecular weight excluding hydrogens is 641 g/mol. The number of hydrogen-bond donors (Lipinski definition) is 1. The van der Waals surface area contributed by atoms with Crippen LogP contribution in [-0.2, 0) is 21.7 Å². The van der Waals surface area contributed by atoms with Gasteiger partial charge in [-0.15, -0.1) is 0 Å². The Balaban J connectivity index is 1.17. The molecule has 9 heteroatoms. The van der Waals surface area contributed by atoms with Gasteiger partial charge in [-0.05, 0) is 96.3 Å². The van der Waals surface area contributed by atoms with Crippen LogP contribution in [0.25, 0.3) is 22.5 Å². The number of carbonyl (C=O) groups is 1. The quantitative estimate of drug-likeness (QED) is 0.169. The molecule has 4 aromatic carbocycles. The van der Waals surface area contributed by atoms with Crippen LogP contribution >= 0.6 is 34.8 Å². The molecule has 1 saturated heterocycles. The lowest BCUT2D eigenvalue weighted by molar-refractivity contribution is -0.135. The van der Waals surface area contributed by atoms with Crippen molar-refractivity contribution in [3.8, 4) is 28.5 Å². The Morgan fingerprint density at radius 1 is 0.826 bits per heavy atom. The molecule has 1 aliphatic heterocycles. The van der Waals surface area contributed by atoms with Crippen molar-refractivity contribution in [2.75, 3.05) is 25.0 Å². The molecule has 5 aromatic rings. The lowest BCUT2D eigenvalue weighted by Crippen LogP contribution is -2.45. The highest BCUT2D eigenvalue weighted by Gasteiger charge is 2.38. The number of nitriles is 1. The van der Waals surface area contributed by atoms with Crippen molar-refractivity contribution in [3.05, 3.63) is 135 Å². The monoisotopic (exact) mass is 669 g/mol. The zero-order valence-electron chi connectivity index (χ0n) is 24.8. The lowest BCUT2D eigenvalue weighted by Gasteiger charge is -2.42. The first-order valence-electron chi connectivity index (χ1n) is 14.9. The summed E-state index contributed by atoms with van der Waals surface area (Å²) in [7, 11) is 0. The maximum atomic E-state index is 13.0. The van der Waals surface area contributed by atoms with Gasteiger partial charge in [0, 0.05) is 39.4 Å². The van der Waals surface area contributed by atoms with E-state index in [1.165, 1.54) is 0 Å². The second-order valence-corrected chi connectivity index (χ2v) is 12.6. The van der Waals surface area contributed by atoms with Gasteiger partial charge in [0.05, 0.1) is 23.8 Å². The molecule has 1 aromatic heterocycles. The summed E-state index contributed by atoms with van der Waals surface area (Å²) in [4.78, 5) is 15.4. The molecule has 232 valence electrons. The average molecular weight is 671 g/mol. The second kappa shape index (κ2) is 14.1. The van der Waals surface area contributed by atoms with Crippen LogP contribution < -0.4 is 5.32 Å². The molecule has 1 amide bonds. The van der Waals surface area contributed by atoms with E-state index < -0.39 is 5.60 Å². The Kier molecular flexibility index (Phi) is 9.79. The van der Waals surface area contributed by atoms with Crippen LogP contribution in [0.2, 0.25) is 15.1 Å². The van der Waals surface area contributed by atoms with Crippen LogP contribution in [0.5, 0.6) is 0 Å². The zero-order valence-corrected chi connectivity index (χ0v) is 27.1. The normalized spacial score (nSPS) is 14.5. The first-order chi connectivity index (χ1) is 22.3. The average Bonchev–Trinajstić information content (AvgIpc) is 3.53. The molecular formula is C37H30Cl3N3O3. The standard InChI is InChI=1S/C37H30Cl3N3O3/c38-30-10-6-27(7-11-30)35-13-12-34(46-35)23-43-16-14-37(15-17-43,45-24-36(44)42-33-20-31(39)19-32(40)21-33)29-8-4-26(5-9-29)28-3-1-2-25(18-28)22-41/h1-13,18-21H,14-17,23-24H2,(H,42,44). The Hall–Kier alpha value is -4.09. The fraction of sp³-hybridized carbons (Fsp3) is 0.189. The summed E-state index contributed by atoms with van der Waals surface area (Å²) in [6.45, 7) is 2.01. The molecule has 2 heterocycles. The number of halogens is 3. The topological polar surface area (TPSA) is 78.5 Å². The van der Waals surface area contributed by atoms with Gasteiger partial charge in [0.1, 0.15) is 18.1 Å². The Labute approximate surface area is 283 Å². The van der Waals surface area contributed by atoms with Gasteiger partial charge >= 0.3 is 0 Å². The van der Waals surface area contributed by atoms with E-state index in [1.54, 1.807) is 24.3 Å². The number of nitrogens with one attached hydrogen (secondary N) is 1. The van der Waals surface area contributed by atoms with Crippen LogP contribution in [0.15, 0.2) is 108 Å². The van der Waals surface area contributed by atoms with Crippen LogP contribution in [0.4, 0.5) is 5.69 Å². The number of likely N-dealkylation sites (tertiary alicyclic amines) is 1. The number of rotatable bonds is 9. The van der Waals surface area contributed by atoms with Crippen LogP contribution in [0.3, 0.4) is 0 Å². The summed E-state index contributed by atoms with van der Waals surface area (Å²) in [6.07, 6.45) is 1.36. The molecule has 6 nitrogen and oxygen atoms in total. The number of carbonyl (C=O) groups excluding carboxylic acids is 1. The van der Waals surface area contributed by atoms with Crippen LogP contribution in [-0.4, -0.2) is 30.5 Å². The number of furan rings is 1. The minimum atomic E-state index is -0.676. The van der Waals surface area contributed by atoms with Crippen molar-refractivity contribution in [2.45, 2.75) is 25.0 Å². The minimum Gasteiger partial charge on any atom is -0.460 e. The smallest absolute Gasteiger partial charge is 0.250 e. The second-order valence-electron chi connectivity index (χ2n) is 11.3. The van der Waals surface area contributed by atoms with Gasteiger partial charge in [-0.3, -0.25) is 9.69 Å². The Morgan fingerprint density at radius 3 is 2.22 bits per heavy atom. The summed E-state index contributed by atoms with van der Waals surface area (Å²) in [5, 5.41) is 13.7. The van der Waals surface area contributed by atoms with Gasteiger partial charge < -0.3 is 14.5 Å². The molecule has 0 bridgehead atoms. The number of piperidine rings is 1. The summed E-state index contributed by atoms with van der Waals surface area (Å²) >= 11 is 18.3. The van der Waals surface area contributed by atoms with Crippen molar-refractivity contribution in [1.82, 2.24) is 4.90 Å². The summed E-state index contributed by atoms with van der Waals surface area (Å²) in [6, 6.07) is 34.4. The number of amides is 1. The van der Waals surface area contributed by atoms with Crippen molar-refractivity contribution in [3.63, 3.8) is 0 Å². The molecule has 0 unspecified atom stereocenters. The van der Waals surface area contributed by atoms with Crippen LogP contribution in [0.1, 0.15) is 29.7 Å². The molecule has 0 radical (unpaired) electrons. The van der Waals surface area contributed by atoms with E-state index in [-0.39, 0.29) is 12.5 Å². The van der Waals surface area contributed by atoms with Crippen molar-refractivity contribution >= 4 is 46.4 Å². The number of hydrogen-bond acceptors (Lipinski definition) is 5. The molecule has 1 N–H and O–H groups in total. The molecule has 0 atom stereocenters. The third-order valence-electron chi connectivity index (χ3n) is 8.20. The molecule has 0 aliphatic carbocycles. The highest BCUT2D eigenvalue weighted by Crippen LogP contribution is 2.39. The summed E-state index contributed by atoms with van der Waals surface area (Å²) < 4.78 is 12.7. The number of nitrogens with zero attached hydrogens (tertiary/aromatic N) is 2. The lowest BCUT2D eigenvalue weighted by atomic mass is 9.83. The third-order valence-corrected chi connectivity index (χ3v) is 8.88. The van der Waals surface area contributed by atoms with Gasteiger partial charge in [0.25, 0.3) is 0 Å². The van der Waals surface area contributed by atoms with Gasteiger partial charge in [-0.25, -0.2) is 0 Å². The SMILES string of the molecule is N#Cc1cccc(-c2ccc(C3(OCC(=O)Nc4cc(Cl)cc(Cl)c4)CCN(Cc4ccc(-c5ccc(Cl)cc5)o4)CC3)cc2)c1. The maximum Gasteiger partial charge on any atom is 0.250 e. The Morgan fingerprint density at radius 2 is 1.52 bits per heavy atom. The van der Waals surface area contributed by atoms with E-state index in [0.29, 0.717) is 45.7 Å². The van der Waals surface area contributed by atoms with Gasteiger partial charge in [-0.1, -0.05) is 71.2 Å². The van der Waals surface area contributed by atoms with E-state index in [2.05, 4.69) is 28.4 Å². The van der Waals surface area contributed by atoms with E-state index >= 15 is 0 Å². The molecule has 1 fully saturated rings. The minimum absolute atomic E-state index is 0.140. The molecule has 0 spiro atoms. The fourth-order valence-electron chi connectivity index (χ4n) is 5.80. The van der Waals surface area contributed by atoms with E-state index in [4.69, 9.17) is 44.0 Å². The van der Waals surface area contributed by atoms with Crippen molar-refractivity contribution < 1.29 is 13.9 Å². The van der Waals surface area contributed by atoms with Crippen molar-refractivity contribution in [2.24, 2.45) is 0 Å². The van der Waals surface area contributed by atoms with Crippen molar-refractivity contribution in [1.29, 1.82) is 5.26 Å². The molecule has 0 saturated carbocycles. The highest BCUT2D eigenvalue weighted by atomic mass is 35.5. The van der Waals surface area contributed by atoms with E-state index in [1.807, 2.05) is 66.7 Å². The van der Waals surface area contributed by atoms with Gasteiger partial charge in [0.15, 0.2) is 0 Å². The number of anilines is 1. The first kappa shape index (κ1) is 31.9. The highest BCUT2D eigenvalue weighted by molar-refractivity contribution is 6.35. The first-order valence-corrected chi connectivity index (χ1v) is 16.0. The zero-order chi connectivity index (χ0) is 32.1. The summed E-state index contributed by atoms with van der Waals surface area (Å²) in [5.74, 6) is 1.38. The number of ether oxygens (including phenoxy) is 1. The molecule has 46 heavy (non-hydrogen) atoms. The largest absolute Gasteiger partial charge is 0.460 e. The number of benzene rings is 4. The Bertz CT molecular complexity index is 1850. The van der Waals surface area contributed by atoms with E-state index in [9.17, 15) is 10.1 Å². The van der Waals surface area contributed by atoms with Gasteiger partial charge in [-0.2, -0.15) is 5.26 Å². The summed E-state index contributed by atoms with van der Waals surface area (Å²) in [5.41, 5.74) is 4.37. The van der Waals surface area contributed by atoms with Crippen LogP contribution in [0, 0.1) is 11.3 Å². The molecule has 1 aliphatic rings. The third kappa shape index (κ3) is 7.64. The van der Waals surface area contributed by atoms with E-state index in [0.717, 1.165) is 46.9 Å².